The zero-order valence-corrected chi connectivity index (χ0v) is 11.8. The smallest absolute Gasteiger partial charge is 0.146 e. The van der Waals surface area contributed by atoms with E-state index >= 15 is 0 Å². The monoisotopic (exact) mass is 349 g/mol. The van der Waals surface area contributed by atoms with Gasteiger partial charge in [0.15, 0.2) is 0 Å². The second-order valence-corrected chi connectivity index (χ2v) is 5.17. The van der Waals surface area contributed by atoms with Crippen molar-refractivity contribution < 1.29 is 13.2 Å². The molecule has 1 nitrogen and oxygen atoms in total. The number of nitrogens with two attached hydrogens (primary N) is 1. The lowest BCUT2D eigenvalue weighted by Crippen LogP contribution is -2.16. The summed E-state index contributed by atoms with van der Waals surface area (Å²) >= 11 is 8.50. The van der Waals surface area contributed by atoms with Gasteiger partial charge in [-0.05, 0) is 34.1 Å². The quantitative estimate of drug-likeness (QED) is 0.789. The topological polar surface area (TPSA) is 26.0 Å². The molecule has 0 aliphatic rings. The summed E-state index contributed by atoms with van der Waals surface area (Å²) in [6, 6.07) is 4.98. The van der Waals surface area contributed by atoms with Crippen LogP contribution in [0.5, 0.6) is 0 Å². The molecule has 100 valence electrons. The van der Waals surface area contributed by atoms with Gasteiger partial charge in [-0.25, -0.2) is 13.2 Å². The minimum Gasteiger partial charge on any atom is -0.320 e. The molecule has 0 radical (unpaired) electrons. The molecule has 2 N–H and O–H groups in total. The third-order valence-electron chi connectivity index (χ3n) is 2.69. The van der Waals surface area contributed by atoms with Crippen molar-refractivity contribution in [2.75, 3.05) is 0 Å². The average Bonchev–Trinajstić information content (AvgIpc) is 2.36. The van der Waals surface area contributed by atoms with Gasteiger partial charge in [0.25, 0.3) is 0 Å². The van der Waals surface area contributed by atoms with Crippen LogP contribution in [-0.2, 0) is 0 Å². The van der Waals surface area contributed by atoms with Gasteiger partial charge in [0.2, 0.25) is 0 Å². The fourth-order valence-electron chi connectivity index (χ4n) is 1.70. The Morgan fingerprint density at radius 1 is 1.05 bits per heavy atom. The Kier molecular flexibility index (Phi) is 4.18. The molecule has 1 unspecified atom stereocenters. The first-order valence-corrected chi connectivity index (χ1v) is 6.43. The summed E-state index contributed by atoms with van der Waals surface area (Å²) in [5.41, 5.74) is 5.66. The predicted octanol–water partition coefficient (Wildman–Crippen LogP) is 4.57. The van der Waals surface area contributed by atoms with E-state index < -0.39 is 23.5 Å². The van der Waals surface area contributed by atoms with Gasteiger partial charge in [-0.1, -0.05) is 23.7 Å². The van der Waals surface area contributed by atoms with Gasteiger partial charge in [-0.15, -0.1) is 0 Å². The van der Waals surface area contributed by atoms with Gasteiger partial charge in [-0.2, -0.15) is 0 Å². The zero-order chi connectivity index (χ0) is 14.2. The van der Waals surface area contributed by atoms with Crippen molar-refractivity contribution in [1.82, 2.24) is 0 Å². The van der Waals surface area contributed by atoms with E-state index in [1.54, 1.807) is 0 Å². The summed E-state index contributed by atoms with van der Waals surface area (Å²) in [7, 11) is 0. The summed E-state index contributed by atoms with van der Waals surface area (Å²) < 4.78 is 41.0. The molecule has 2 rings (SSSR count). The van der Waals surface area contributed by atoms with Crippen molar-refractivity contribution in [3.8, 4) is 0 Å². The van der Waals surface area contributed by atoms with Crippen LogP contribution in [0.25, 0.3) is 0 Å². The summed E-state index contributed by atoms with van der Waals surface area (Å²) in [6.07, 6.45) is 0. The van der Waals surface area contributed by atoms with E-state index in [0.717, 1.165) is 12.1 Å². The van der Waals surface area contributed by atoms with Crippen molar-refractivity contribution >= 4 is 27.5 Å². The zero-order valence-electron chi connectivity index (χ0n) is 9.43. The number of halogens is 5. The van der Waals surface area contributed by atoms with Crippen LogP contribution in [0.15, 0.2) is 34.8 Å². The maximum atomic E-state index is 13.8. The van der Waals surface area contributed by atoms with Gasteiger partial charge in [0, 0.05) is 11.1 Å². The van der Waals surface area contributed by atoms with Crippen LogP contribution in [0.4, 0.5) is 13.2 Å². The highest BCUT2D eigenvalue weighted by atomic mass is 79.9. The van der Waals surface area contributed by atoms with Crippen molar-refractivity contribution in [1.29, 1.82) is 0 Å². The third-order valence-corrected chi connectivity index (χ3v) is 3.59. The molecule has 0 amide bonds. The third kappa shape index (κ3) is 2.78. The Bertz CT molecular complexity index is 634. The Labute approximate surface area is 121 Å². The molecule has 6 heteroatoms. The second kappa shape index (κ2) is 5.53. The number of rotatable bonds is 2. The van der Waals surface area contributed by atoms with Crippen molar-refractivity contribution in [2.45, 2.75) is 6.04 Å². The minimum absolute atomic E-state index is 0.00752. The lowest BCUT2D eigenvalue weighted by atomic mass is 9.98. The van der Waals surface area contributed by atoms with Crippen LogP contribution in [-0.4, -0.2) is 0 Å². The van der Waals surface area contributed by atoms with Crippen LogP contribution in [0, 0.1) is 17.5 Å². The molecule has 1 atom stereocenters. The molecule has 0 aliphatic carbocycles. The van der Waals surface area contributed by atoms with Crippen LogP contribution >= 0.6 is 27.5 Å². The number of hydrogen-bond acceptors (Lipinski definition) is 1. The SMILES string of the molecule is NC(c1cc(F)c(Br)cc1F)c1cccc(Cl)c1F. The molecule has 2 aromatic carbocycles. The van der Waals surface area contributed by atoms with Crippen molar-refractivity contribution in [3.63, 3.8) is 0 Å². The van der Waals surface area contributed by atoms with Crippen molar-refractivity contribution in [3.05, 3.63) is 68.4 Å². The number of benzene rings is 2. The van der Waals surface area contributed by atoms with E-state index in [1.807, 2.05) is 0 Å². The lowest BCUT2D eigenvalue weighted by Gasteiger charge is -2.15. The predicted molar refractivity (Wildman–Crippen MR) is 71.5 cm³/mol. The van der Waals surface area contributed by atoms with Gasteiger partial charge in [-0.3, -0.25) is 0 Å². The molecule has 0 heterocycles. The molecule has 19 heavy (non-hydrogen) atoms. The van der Waals surface area contributed by atoms with Crippen LogP contribution in [0.2, 0.25) is 5.02 Å². The van der Waals surface area contributed by atoms with E-state index in [9.17, 15) is 13.2 Å². The van der Waals surface area contributed by atoms with Crippen molar-refractivity contribution in [2.24, 2.45) is 5.73 Å². The fourth-order valence-corrected chi connectivity index (χ4v) is 2.20. The minimum atomic E-state index is -1.14. The molecule has 2 aromatic rings. The fraction of sp³-hybridized carbons (Fsp3) is 0.0769. The summed E-state index contributed by atoms with van der Waals surface area (Å²) in [5, 5.41) is -0.119. The van der Waals surface area contributed by atoms with Gasteiger partial charge >= 0.3 is 0 Å². The van der Waals surface area contributed by atoms with E-state index in [2.05, 4.69) is 15.9 Å². The normalized spacial score (nSPS) is 12.5. The van der Waals surface area contributed by atoms with Crippen LogP contribution in [0.1, 0.15) is 17.2 Å². The molecule has 0 aliphatic heterocycles. The molecule has 0 bridgehead atoms. The molecule has 0 saturated carbocycles. The summed E-state index contributed by atoms with van der Waals surface area (Å²) in [4.78, 5) is 0. The maximum Gasteiger partial charge on any atom is 0.146 e. The molecule has 0 aromatic heterocycles. The Balaban J connectivity index is 2.53. The Hall–Kier alpha value is -1.04. The van der Waals surface area contributed by atoms with Crippen LogP contribution in [0.3, 0.4) is 0 Å². The van der Waals surface area contributed by atoms with Gasteiger partial charge < -0.3 is 5.73 Å². The largest absolute Gasteiger partial charge is 0.320 e. The van der Waals surface area contributed by atoms with Crippen LogP contribution < -0.4 is 5.73 Å². The first-order chi connectivity index (χ1) is 8.91. The first-order valence-electron chi connectivity index (χ1n) is 5.25. The molecular formula is C13H8BrClF3N. The van der Waals surface area contributed by atoms with Gasteiger partial charge in [0.1, 0.15) is 17.5 Å². The molecule has 0 spiro atoms. The molecule has 0 saturated heterocycles. The standard InChI is InChI=1S/C13H8BrClF3N/c14-8-5-10(16)7(4-11(8)17)13(19)6-2-1-3-9(15)12(6)18/h1-5,13H,19H2. The van der Waals surface area contributed by atoms with E-state index in [-0.39, 0.29) is 20.6 Å². The van der Waals surface area contributed by atoms with E-state index in [4.69, 9.17) is 17.3 Å². The van der Waals surface area contributed by atoms with E-state index in [1.165, 1.54) is 18.2 Å². The Morgan fingerprint density at radius 3 is 2.42 bits per heavy atom. The van der Waals surface area contributed by atoms with Gasteiger partial charge in [0.05, 0.1) is 15.5 Å². The van der Waals surface area contributed by atoms with E-state index in [0.29, 0.717) is 0 Å². The molecular weight excluding hydrogens is 343 g/mol. The maximum absolute atomic E-state index is 13.8. The molecule has 0 fully saturated rings. The second-order valence-electron chi connectivity index (χ2n) is 3.91. The highest BCUT2D eigenvalue weighted by Gasteiger charge is 2.20. The first kappa shape index (κ1) is 14.4. The average molecular weight is 351 g/mol. The Morgan fingerprint density at radius 2 is 1.74 bits per heavy atom. The highest BCUT2D eigenvalue weighted by Crippen LogP contribution is 2.30. The lowest BCUT2D eigenvalue weighted by molar-refractivity contribution is 0.560. The summed E-state index contributed by atoms with van der Waals surface area (Å²) in [5.74, 6) is -2.13. The highest BCUT2D eigenvalue weighted by molar-refractivity contribution is 9.10. The number of hydrogen-bond donors (Lipinski definition) is 1. The summed E-state index contributed by atoms with van der Waals surface area (Å²) in [6.45, 7) is 0.